The average molecular weight is 138 g/mol. The summed E-state index contributed by atoms with van der Waals surface area (Å²) in [6, 6.07) is 0. The largest absolute Gasteiger partial charge is 0.234 e. The molecule has 1 aliphatic carbocycles. The summed E-state index contributed by atoms with van der Waals surface area (Å²) in [5.74, 6) is 1.43. The molecule has 0 atom stereocenters. The van der Waals surface area contributed by atoms with Gasteiger partial charge in [0.05, 0.1) is 6.54 Å². The number of nitrogens with zero attached hydrogens (tertiary/aromatic N) is 1. The van der Waals surface area contributed by atoms with Crippen molar-refractivity contribution in [2.24, 2.45) is 4.99 Å². The van der Waals surface area contributed by atoms with E-state index in [0.29, 0.717) is 6.54 Å². The van der Waals surface area contributed by atoms with E-state index in [1.165, 1.54) is 38.0 Å². The van der Waals surface area contributed by atoms with Gasteiger partial charge in [0.25, 0.3) is 0 Å². The third kappa shape index (κ3) is 2.32. The van der Waals surface area contributed by atoms with Crippen LogP contribution >= 0.6 is 0 Å². The third-order valence-corrected chi connectivity index (χ3v) is 1.93. The third-order valence-electron chi connectivity index (χ3n) is 1.93. The summed E-state index contributed by atoms with van der Waals surface area (Å²) in [4.78, 5) is 13.3. The van der Waals surface area contributed by atoms with E-state index in [2.05, 4.69) is 4.99 Å². The predicted octanol–water partition coefficient (Wildman–Crippen LogP) is 1.86. The first kappa shape index (κ1) is 7.49. The molecule has 55 valence electrons. The number of hydrogen-bond acceptors (Lipinski definition) is 2. The smallest absolute Gasteiger partial charge is 0.211 e. The Morgan fingerprint density at radius 3 is 2.60 bits per heavy atom. The summed E-state index contributed by atoms with van der Waals surface area (Å²) in [5, 5.41) is 0. The zero-order valence-corrected chi connectivity index (χ0v) is 6.10. The molecule has 1 fully saturated rings. The Balaban J connectivity index is 2.19. The molecule has 0 bridgehead atoms. The Bertz CT molecular complexity index is 132. The van der Waals surface area contributed by atoms with Crippen LogP contribution in [0.2, 0.25) is 0 Å². The van der Waals surface area contributed by atoms with E-state index in [0.717, 1.165) is 0 Å². The molecule has 0 amide bonds. The normalized spacial score (nSPS) is 20.0. The van der Waals surface area contributed by atoms with Crippen molar-refractivity contribution in [1.29, 1.82) is 0 Å². The van der Waals surface area contributed by atoms with E-state index in [1.807, 2.05) is 0 Å². The van der Waals surface area contributed by atoms with Crippen LogP contribution in [0.3, 0.4) is 0 Å². The maximum absolute atomic E-state index is 9.74. The summed E-state index contributed by atoms with van der Waals surface area (Å²) >= 11 is 0. The summed E-state index contributed by atoms with van der Waals surface area (Å²) in [6.45, 7) is 0.628. The molecule has 1 rings (SSSR count). The second kappa shape index (κ2) is 4.24. The second-order valence-corrected chi connectivity index (χ2v) is 2.72. The molecule has 2 heteroatoms. The topological polar surface area (TPSA) is 29.4 Å². The minimum absolute atomic E-state index is 0.628. The lowest BCUT2D eigenvalue weighted by Crippen LogP contribution is -2.06. The second-order valence-electron chi connectivity index (χ2n) is 2.72. The minimum atomic E-state index is 0.628. The molecule has 2 nitrogen and oxygen atoms in total. The molecule has 0 saturated heterocycles. The summed E-state index contributed by atoms with van der Waals surface area (Å²) in [5.41, 5.74) is 0. The monoisotopic (exact) mass is 138 g/mol. The highest BCUT2D eigenvalue weighted by Gasteiger charge is 2.12. The first-order valence-corrected chi connectivity index (χ1v) is 3.80. The molecular formula is C8H12NO. The van der Waals surface area contributed by atoms with E-state index < -0.39 is 0 Å². The lowest BCUT2D eigenvalue weighted by atomic mass is 9.89. The van der Waals surface area contributed by atoms with Crippen molar-refractivity contribution in [3.63, 3.8) is 0 Å². The van der Waals surface area contributed by atoms with Gasteiger partial charge in [-0.3, -0.25) is 0 Å². The van der Waals surface area contributed by atoms with Crippen molar-refractivity contribution in [2.75, 3.05) is 6.54 Å². The minimum Gasteiger partial charge on any atom is -0.211 e. The highest BCUT2D eigenvalue weighted by molar-refractivity contribution is 5.33. The van der Waals surface area contributed by atoms with Gasteiger partial charge in [-0.05, 0) is 18.8 Å². The first-order valence-electron chi connectivity index (χ1n) is 3.80. The van der Waals surface area contributed by atoms with Gasteiger partial charge in [-0.25, -0.2) is 9.79 Å². The molecule has 0 aliphatic heterocycles. The van der Waals surface area contributed by atoms with Gasteiger partial charge in [-0.1, -0.05) is 19.3 Å². The van der Waals surface area contributed by atoms with E-state index in [-0.39, 0.29) is 0 Å². The van der Waals surface area contributed by atoms with Crippen molar-refractivity contribution >= 4 is 6.08 Å². The van der Waals surface area contributed by atoms with Crippen LogP contribution < -0.4 is 0 Å². The first-order chi connectivity index (χ1) is 4.93. The van der Waals surface area contributed by atoms with Gasteiger partial charge in [0.15, 0.2) is 0 Å². The van der Waals surface area contributed by atoms with Crippen LogP contribution in [0.1, 0.15) is 32.1 Å². The maximum Gasteiger partial charge on any atom is 0.234 e. The Hall–Kier alpha value is -0.620. The van der Waals surface area contributed by atoms with Crippen molar-refractivity contribution in [3.8, 4) is 0 Å². The number of hydrogen-bond donors (Lipinski definition) is 0. The highest BCUT2D eigenvalue weighted by Crippen LogP contribution is 2.25. The number of isocyanates is 1. The number of carbonyl (C=O) groups excluding carboxylic acids is 1. The fraction of sp³-hybridized carbons (Fsp3) is 0.750. The van der Waals surface area contributed by atoms with Gasteiger partial charge in [0, 0.05) is 0 Å². The lowest BCUT2D eigenvalue weighted by Gasteiger charge is -2.17. The summed E-state index contributed by atoms with van der Waals surface area (Å²) in [6.07, 6.45) is 7.82. The maximum atomic E-state index is 9.74. The molecule has 10 heavy (non-hydrogen) atoms. The van der Waals surface area contributed by atoms with E-state index in [1.54, 1.807) is 6.08 Å². The van der Waals surface area contributed by atoms with Crippen LogP contribution in [0.5, 0.6) is 0 Å². The van der Waals surface area contributed by atoms with Gasteiger partial charge in [-0.15, -0.1) is 0 Å². The van der Waals surface area contributed by atoms with Crippen molar-refractivity contribution in [2.45, 2.75) is 32.1 Å². The molecule has 0 aromatic heterocycles. The molecule has 0 N–H and O–H groups in total. The van der Waals surface area contributed by atoms with Gasteiger partial charge in [0.2, 0.25) is 6.08 Å². The summed E-state index contributed by atoms with van der Waals surface area (Å²) < 4.78 is 0. The van der Waals surface area contributed by atoms with Crippen LogP contribution in [-0.4, -0.2) is 12.6 Å². The fourth-order valence-corrected chi connectivity index (χ4v) is 1.35. The Kier molecular flexibility index (Phi) is 3.17. The standard InChI is InChI=1S/C8H12NO/c10-7-9-6-8-4-2-1-3-5-8/h1-6H2. The molecule has 0 aromatic rings. The van der Waals surface area contributed by atoms with Crippen LogP contribution in [-0.2, 0) is 4.79 Å². The van der Waals surface area contributed by atoms with Crippen LogP contribution in [0.4, 0.5) is 0 Å². The molecule has 1 radical (unpaired) electrons. The fourth-order valence-electron chi connectivity index (χ4n) is 1.35. The molecule has 1 aliphatic rings. The molecule has 0 heterocycles. The van der Waals surface area contributed by atoms with Crippen molar-refractivity contribution < 1.29 is 4.79 Å². The van der Waals surface area contributed by atoms with Gasteiger partial charge < -0.3 is 0 Å². The van der Waals surface area contributed by atoms with Crippen LogP contribution in [0.25, 0.3) is 0 Å². The molecule has 0 spiro atoms. The lowest BCUT2D eigenvalue weighted by molar-refractivity contribution is 0.522. The molecule has 0 unspecified atom stereocenters. The summed E-state index contributed by atoms with van der Waals surface area (Å²) in [7, 11) is 0. The van der Waals surface area contributed by atoms with Crippen LogP contribution in [0, 0.1) is 5.92 Å². The van der Waals surface area contributed by atoms with Crippen molar-refractivity contribution in [1.82, 2.24) is 0 Å². The molecule has 1 saturated carbocycles. The van der Waals surface area contributed by atoms with E-state index in [9.17, 15) is 4.79 Å². The highest BCUT2D eigenvalue weighted by atomic mass is 16.1. The Morgan fingerprint density at radius 2 is 2.00 bits per heavy atom. The van der Waals surface area contributed by atoms with E-state index in [4.69, 9.17) is 0 Å². The molecule has 0 aromatic carbocycles. The number of rotatable bonds is 2. The quantitative estimate of drug-likeness (QED) is 0.423. The Morgan fingerprint density at radius 1 is 1.30 bits per heavy atom. The van der Waals surface area contributed by atoms with Gasteiger partial charge >= 0.3 is 0 Å². The van der Waals surface area contributed by atoms with Gasteiger partial charge in [0.1, 0.15) is 0 Å². The van der Waals surface area contributed by atoms with Gasteiger partial charge in [-0.2, -0.15) is 0 Å². The number of aliphatic imine (C=N–C) groups is 1. The zero-order chi connectivity index (χ0) is 7.23. The van der Waals surface area contributed by atoms with Crippen molar-refractivity contribution in [3.05, 3.63) is 5.92 Å². The predicted molar refractivity (Wildman–Crippen MR) is 39.3 cm³/mol. The zero-order valence-electron chi connectivity index (χ0n) is 6.10. The average Bonchev–Trinajstić information content (AvgIpc) is 2.03. The molecular weight excluding hydrogens is 126 g/mol. The SMILES string of the molecule is O=C=NC[C]1CCCCC1. The van der Waals surface area contributed by atoms with Crippen LogP contribution in [0.15, 0.2) is 4.99 Å². The Labute approximate surface area is 61.3 Å². The van der Waals surface area contributed by atoms with E-state index >= 15 is 0 Å².